The van der Waals surface area contributed by atoms with Crippen LogP contribution in [0.2, 0.25) is 0 Å². The van der Waals surface area contributed by atoms with Gasteiger partial charge in [-0.25, -0.2) is 4.79 Å². The van der Waals surface area contributed by atoms with Crippen molar-refractivity contribution in [3.63, 3.8) is 0 Å². The van der Waals surface area contributed by atoms with Crippen LogP contribution in [0.1, 0.15) is 32.1 Å². The van der Waals surface area contributed by atoms with Gasteiger partial charge in [0.1, 0.15) is 5.60 Å². The second-order valence-electron chi connectivity index (χ2n) is 8.02. The summed E-state index contributed by atoms with van der Waals surface area (Å²) in [7, 11) is 0. The zero-order valence-electron chi connectivity index (χ0n) is 14.8. The molecule has 0 saturated carbocycles. The van der Waals surface area contributed by atoms with Crippen molar-refractivity contribution in [3.05, 3.63) is 0 Å². The Labute approximate surface area is 145 Å². The van der Waals surface area contributed by atoms with Gasteiger partial charge in [0.2, 0.25) is 0 Å². The van der Waals surface area contributed by atoms with Gasteiger partial charge in [0.25, 0.3) is 0 Å². The second kappa shape index (κ2) is 7.18. The quantitative estimate of drug-likeness (QED) is 0.764. The van der Waals surface area contributed by atoms with Gasteiger partial charge in [0.05, 0.1) is 26.4 Å². The van der Waals surface area contributed by atoms with Crippen molar-refractivity contribution < 1.29 is 14.3 Å². The van der Waals surface area contributed by atoms with Crippen LogP contribution < -0.4 is 0 Å². The van der Waals surface area contributed by atoms with Gasteiger partial charge in [0.15, 0.2) is 0 Å². The third-order valence-corrected chi connectivity index (χ3v) is 6.00. The summed E-state index contributed by atoms with van der Waals surface area (Å²) in [6.07, 6.45) is 5.96. The molecule has 0 aliphatic carbocycles. The van der Waals surface area contributed by atoms with Gasteiger partial charge in [-0.15, -0.1) is 0 Å². The van der Waals surface area contributed by atoms with Crippen molar-refractivity contribution in [1.29, 1.82) is 0 Å². The van der Waals surface area contributed by atoms with E-state index in [0.29, 0.717) is 32.2 Å². The summed E-state index contributed by atoms with van der Waals surface area (Å²) in [4.78, 5) is 19.3. The predicted molar refractivity (Wildman–Crippen MR) is 91.1 cm³/mol. The minimum absolute atomic E-state index is 0.184. The third kappa shape index (κ3) is 3.55. The average molecular weight is 337 g/mol. The molecular weight excluding hydrogens is 306 g/mol. The van der Waals surface area contributed by atoms with Gasteiger partial charge in [-0.1, -0.05) is 0 Å². The molecule has 136 valence electrons. The lowest BCUT2D eigenvalue weighted by Gasteiger charge is -2.33. The van der Waals surface area contributed by atoms with Gasteiger partial charge in [-0.05, 0) is 51.1 Å². The lowest BCUT2D eigenvalue weighted by molar-refractivity contribution is -0.0537. The molecule has 4 saturated heterocycles. The number of hydrogen-bond donors (Lipinski definition) is 0. The number of carbonyl (C=O) groups excluding carboxylic acids is 1. The summed E-state index contributed by atoms with van der Waals surface area (Å²) in [5, 5.41) is 0. The highest BCUT2D eigenvalue weighted by Gasteiger charge is 2.45. The standard InChI is InChI=1S/C18H31N3O3/c22-17(20-7-3-4-8-20)21-9-10-23-15-18(14-21)11-16(13-24-18)12-19-5-1-2-6-19/h16H,1-15H2/t16-,18-/m1/s1. The molecule has 4 rings (SSSR count). The molecule has 4 fully saturated rings. The minimum atomic E-state index is -0.281. The van der Waals surface area contributed by atoms with Crippen molar-refractivity contribution in [2.24, 2.45) is 5.92 Å². The summed E-state index contributed by atoms with van der Waals surface area (Å²) in [6, 6.07) is 0.184. The smallest absolute Gasteiger partial charge is 0.320 e. The Balaban J connectivity index is 1.37. The van der Waals surface area contributed by atoms with Crippen LogP contribution in [0, 0.1) is 5.92 Å². The molecular formula is C18H31N3O3. The maximum atomic E-state index is 12.8. The monoisotopic (exact) mass is 337 g/mol. The summed E-state index contributed by atoms with van der Waals surface area (Å²) in [6.45, 7) is 8.88. The molecule has 1 spiro atoms. The first-order valence-electron chi connectivity index (χ1n) is 9.72. The molecule has 6 heteroatoms. The van der Waals surface area contributed by atoms with Gasteiger partial charge in [-0.3, -0.25) is 0 Å². The Hall–Kier alpha value is -0.850. The molecule has 0 bridgehead atoms. The molecule has 0 aromatic carbocycles. The first-order chi connectivity index (χ1) is 11.7. The molecule has 0 N–H and O–H groups in total. The van der Waals surface area contributed by atoms with Crippen LogP contribution in [-0.4, -0.2) is 92.0 Å². The highest BCUT2D eigenvalue weighted by Crippen LogP contribution is 2.34. The van der Waals surface area contributed by atoms with E-state index in [1.54, 1.807) is 0 Å². The van der Waals surface area contributed by atoms with E-state index in [-0.39, 0.29) is 11.6 Å². The molecule has 4 aliphatic heterocycles. The van der Waals surface area contributed by atoms with E-state index in [1.165, 1.54) is 25.9 Å². The van der Waals surface area contributed by atoms with Gasteiger partial charge in [-0.2, -0.15) is 0 Å². The van der Waals surface area contributed by atoms with E-state index in [9.17, 15) is 4.79 Å². The van der Waals surface area contributed by atoms with E-state index in [4.69, 9.17) is 9.47 Å². The minimum Gasteiger partial charge on any atom is -0.377 e. The van der Waals surface area contributed by atoms with Crippen molar-refractivity contribution in [2.75, 3.05) is 65.6 Å². The number of likely N-dealkylation sites (tertiary alicyclic amines) is 2. The normalized spacial score (nSPS) is 35.1. The molecule has 24 heavy (non-hydrogen) atoms. The van der Waals surface area contributed by atoms with Crippen LogP contribution in [0.3, 0.4) is 0 Å². The summed E-state index contributed by atoms with van der Waals surface area (Å²) in [5.41, 5.74) is -0.281. The van der Waals surface area contributed by atoms with E-state index in [0.717, 1.165) is 45.5 Å². The van der Waals surface area contributed by atoms with Crippen molar-refractivity contribution in [2.45, 2.75) is 37.7 Å². The van der Waals surface area contributed by atoms with Crippen molar-refractivity contribution >= 4 is 6.03 Å². The maximum Gasteiger partial charge on any atom is 0.320 e. The molecule has 4 heterocycles. The molecule has 0 radical (unpaired) electrons. The highest BCUT2D eigenvalue weighted by molar-refractivity contribution is 5.74. The van der Waals surface area contributed by atoms with Gasteiger partial charge < -0.3 is 24.2 Å². The highest BCUT2D eigenvalue weighted by atomic mass is 16.5. The van der Waals surface area contributed by atoms with E-state index in [1.807, 2.05) is 9.80 Å². The SMILES string of the molecule is O=C(N1CCCC1)N1CCOC[C@@]2(C[C@H](CN3CCCC3)CO2)C1. The first kappa shape index (κ1) is 16.6. The molecule has 0 aromatic rings. The van der Waals surface area contributed by atoms with Crippen molar-refractivity contribution in [3.8, 4) is 0 Å². The lowest BCUT2D eigenvalue weighted by Crippen LogP contribution is -2.50. The zero-order valence-corrected chi connectivity index (χ0v) is 14.8. The van der Waals surface area contributed by atoms with Crippen LogP contribution in [0.5, 0.6) is 0 Å². The van der Waals surface area contributed by atoms with E-state index in [2.05, 4.69) is 4.90 Å². The average Bonchev–Trinajstić information content (AvgIpc) is 3.30. The first-order valence-corrected chi connectivity index (χ1v) is 9.72. The van der Waals surface area contributed by atoms with E-state index < -0.39 is 0 Å². The fourth-order valence-electron chi connectivity index (χ4n) is 4.77. The largest absolute Gasteiger partial charge is 0.377 e. The Morgan fingerprint density at radius 2 is 1.75 bits per heavy atom. The van der Waals surface area contributed by atoms with Gasteiger partial charge >= 0.3 is 6.03 Å². The topological polar surface area (TPSA) is 45.2 Å². The number of rotatable bonds is 2. The third-order valence-electron chi connectivity index (χ3n) is 6.00. The zero-order chi connectivity index (χ0) is 16.4. The number of nitrogens with zero attached hydrogens (tertiary/aromatic N) is 3. The summed E-state index contributed by atoms with van der Waals surface area (Å²) < 4.78 is 12.1. The summed E-state index contributed by atoms with van der Waals surface area (Å²) >= 11 is 0. The number of carbonyl (C=O) groups is 1. The maximum absolute atomic E-state index is 12.8. The Bertz CT molecular complexity index is 449. The molecule has 2 atom stereocenters. The van der Waals surface area contributed by atoms with Crippen LogP contribution in [-0.2, 0) is 9.47 Å². The summed E-state index contributed by atoms with van der Waals surface area (Å²) in [5.74, 6) is 0.577. The Morgan fingerprint density at radius 3 is 2.54 bits per heavy atom. The molecule has 0 aromatic heterocycles. The van der Waals surface area contributed by atoms with Crippen LogP contribution in [0.25, 0.3) is 0 Å². The van der Waals surface area contributed by atoms with Crippen LogP contribution in [0.4, 0.5) is 4.79 Å². The Kier molecular flexibility index (Phi) is 4.97. The molecule has 2 amide bonds. The fourth-order valence-corrected chi connectivity index (χ4v) is 4.77. The number of amides is 2. The van der Waals surface area contributed by atoms with Crippen LogP contribution >= 0.6 is 0 Å². The molecule has 4 aliphatic rings. The lowest BCUT2D eigenvalue weighted by atomic mass is 9.94. The predicted octanol–water partition coefficient (Wildman–Crippen LogP) is 1.41. The number of ether oxygens (including phenoxy) is 2. The second-order valence-corrected chi connectivity index (χ2v) is 8.02. The molecule has 6 nitrogen and oxygen atoms in total. The Morgan fingerprint density at radius 1 is 1.00 bits per heavy atom. The van der Waals surface area contributed by atoms with Crippen molar-refractivity contribution in [1.82, 2.24) is 14.7 Å². The van der Waals surface area contributed by atoms with Crippen LogP contribution in [0.15, 0.2) is 0 Å². The molecule has 0 unspecified atom stereocenters. The van der Waals surface area contributed by atoms with E-state index >= 15 is 0 Å². The number of hydrogen-bond acceptors (Lipinski definition) is 4. The fraction of sp³-hybridized carbons (Fsp3) is 0.944. The number of urea groups is 1. The van der Waals surface area contributed by atoms with Gasteiger partial charge in [0, 0.05) is 26.2 Å².